The van der Waals surface area contributed by atoms with Crippen LogP contribution in [0.15, 0.2) is 72.5 Å². The van der Waals surface area contributed by atoms with Crippen LogP contribution in [0.1, 0.15) is 68.4 Å². The number of aromatic hydroxyl groups is 1. The molecule has 306 valence electrons. The number of anilines is 3. The Morgan fingerprint density at radius 3 is 2.22 bits per heavy atom. The highest BCUT2D eigenvalue weighted by Gasteiger charge is 2.42. The zero-order valence-corrected chi connectivity index (χ0v) is 33.0. The SMILES string of the molecule is NC(N)=C(/C=C(\N)c1ccccc1O)N1C[C@H]2CC[C@@H](C1)N2c1ncc(N2CCN(C3CCC(c4cccc5c4OCCN5[C@H]4CCC(=O)NC4=O)CC3)CC2)cn1. The van der Waals surface area contributed by atoms with Crippen molar-refractivity contribution < 1.29 is 19.4 Å². The number of hydrogen-bond acceptors (Lipinski definition) is 14. The molecule has 6 aliphatic rings. The summed E-state index contributed by atoms with van der Waals surface area (Å²) in [7, 11) is 0. The van der Waals surface area contributed by atoms with Crippen molar-refractivity contribution in [2.45, 2.75) is 81.5 Å². The van der Waals surface area contributed by atoms with Crippen molar-refractivity contribution in [1.29, 1.82) is 0 Å². The highest BCUT2D eigenvalue weighted by Crippen LogP contribution is 2.45. The highest BCUT2D eigenvalue weighted by molar-refractivity contribution is 6.02. The van der Waals surface area contributed by atoms with Crippen LogP contribution in [0, 0.1) is 0 Å². The third-order valence-corrected chi connectivity index (χ3v) is 13.3. The van der Waals surface area contributed by atoms with E-state index in [4.69, 9.17) is 31.9 Å². The molecule has 5 aliphatic heterocycles. The minimum absolute atomic E-state index is 0.110. The topological polar surface area (TPSA) is 196 Å². The number of phenolic OH excluding ortho intramolecular Hbond substituents is 1. The number of carbonyl (C=O) groups is 2. The number of allylic oxidation sites excluding steroid dienone is 1. The third kappa shape index (κ3) is 7.31. The van der Waals surface area contributed by atoms with Gasteiger partial charge in [0.25, 0.3) is 0 Å². The fourth-order valence-electron chi connectivity index (χ4n) is 10.4. The van der Waals surface area contributed by atoms with Gasteiger partial charge in [-0.15, -0.1) is 0 Å². The van der Waals surface area contributed by atoms with Crippen LogP contribution in [0.25, 0.3) is 5.70 Å². The highest BCUT2D eigenvalue weighted by atomic mass is 16.5. The molecule has 9 rings (SSSR count). The number of rotatable bonds is 8. The third-order valence-electron chi connectivity index (χ3n) is 13.3. The molecule has 0 spiro atoms. The van der Waals surface area contributed by atoms with Crippen LogP contribution < -0.4 is 42.0 Å². The molecule has 0 unspecified atom stereocenters. The lowest BCUT2D eigenvalue weighted by atomic mass is 9.80. The second-order valence-corrected chi connectivity index (χ2v) is 16.6. The fraction of sp³-hybridized carbons (Fsp3) is 0.488. The summed E-state index contributed by atoms with van der Waals surface area (Å²) in [5.41, 5.74) is 23.7. The Balaban J connectivity index is 0.780. The van der Waals surface area contributed by atoms with Crippen molar-refractivity contribution in [2.24, 2.45) is 17.2 Å². The van der Waals surface area contributed by atoms with Crippen molar-refractivity contribution in [3.63, 3.8) is 0 Å². The predicted octanol–water partition coefficient (Wildman–Crippen LogP) is 2.77. The van der Waals surface area contributed by atoms with Crippen LogP contribution in [0.5, 0.6) is 11.5 Å². The normalized spacial score (nSPS) is 26.6. The van der Waals surface area contributed by atoms with Gasteiger partial charge in [-0.25, -0.2) is 9.97 Å². The zero-order chi connectivity index (χ0) is 39.9. The Labute approximate surface area is 339 Å². The van der Waals surface area contributed by atoms with Gasteiger partial charge in [-0.05, 0) is 80.7 Å². The molecular formula is C43H55N11O4. The predicted molar refractivity (Wildman–Crippen MR) is 223 cm³/mol. The van der Waals surface area contributed by atoms with E-state index in [-0.39, 0.29) is 41.5 Å². The Kier molecular flexibility index (Phi) is 10.4. The molecule has 8 N–H and O–H groups in total. The van der Waals surface area contributed by atoms with Crippen LogP contribution in [0.4, 0.5) is 17.3 Å². The number of likely N-dealkylation sites (tertiary alicyclic amines) is 1. The van der Waals surface area contributed by atoms with Gasteiger partial charge < -0.3 is 46.6 Å². The molecule has 2 amide bonds. The zero-order valence-electron chi connectivity index (χ0n) is 33.0. The van der Waals surface area contributed by atoms with E-state index in [1.54, 1.807) is 24.3 Å². The lowest BCUT2D eigenvalue weighted by Crippen LogP contribution is -2.54. The summed E-state index contributed by atoms with van der Waals surface area (Å²) in [5, 5.41) is 12.8. The van der Waals surface area contributed by atoms with E-state index in [2.05, 4.69) is 48.0 Å². The number of benzene rings is 2. The van der Waals surface area contributed by atoms with Crippen molar-refractivity contribution in [1.82, 2.24) is 25.1 Å². The first-order valence-corrected chi connectivity index (χ1v) is 20.9. The number of imide groups is 1. The number of nitrogens with two attached hydrogens (primary N) is 3. The molecule has 6 heterocycles. The molecule has 15 nitrogen and oxygen atoms in total. The second kappa shape index (κ2) is 15.9. The molecule has 58 heavy (non-hydrogen) atoms. The van der Waals surface area contributed by atoms with E-state index in [1.807, 2.05) is 18.5 Å². The van der Waals surface area contributed by atoms with E-state index in [9.17, 15) is 14.7 Å². The van der Waals surface area contributed by atoms with E-state index in [1.165, 1.54) is 5.56 Å². The number of hydrogen-bond donors (Lipinski definition) is 5. The van der Waals surface area contributed by atoms with Gasteiger partial charge in [0.05, 0.1) is 36.0 Å². The van der Waals surface area contributed by atoms with E-state index in [0.717, 1.165) is 87.8 Å². The average molecular weight is 790 g/mol. The molecule has 15 heteroatoms. The number of piperidine rings is 1. The molecule has 1 aliphatic carbocycles. The first-order chi connectivity index (χ1) is 28.2. The Morgan fingerprint density at radius 1 is 0.828 bits per heavy atom. The smallest absolute Gasteiger partial charge is 0.249 e. The number of nitrogens with zero attached hydrogens (tertiary/aromatic N) is 7. The number of ether oxygens (including phenoxy) is 1. The summed E-state index contributed by atoms with van der Waals surface area (Å²) in [4.78, 5) is 46.1. The number of phenols is 1. The monoisotopic (exact) mass is 789 g/mol. The standard InChI is InChI=1S/C43H55N11O4/c44-34(33-4-1-2-7-38(33)55)22-37(41(45)46)52-25-29-12-13-30(26-52)54(29)43-47-23-31(24-48-43)51-18-16-50(17-19-51)28-10-8-27(9-11-28)32-5-3-6-35-40(32)58-21-20-53(35)36-14-15-39(56)49-42(36)57/h1-7,22-24,27-30,36,55H,8-21,25-26,44-46H2,(H,49,56,57)/b34-22-/t27?,28?,29-,30+,36-/m0/s1. The van der Waals surface area contributed by atoms with Crippen LogP contribution in [0.3, 0.4) is 0 Å². The molecule has 2 aromatic carbocycles. The van der Waals surface area contributed by atoms with Gasteiger partial charge in [-0.1, -0.05) is 24.3 Å². The largest absolute Gasteiger partial charge is 0.507 e. The Bertz CT molecular complexity index is 2060. The summed E-state index contributed by atoms with van der Waals surface area (Å²) < 4.78 is 6.29. The lowest BCUT2D eigenvalue weighted by molar-refractivity contribution is -0.134. The summed E-state index contributed by atoms with van der Waals surface area (Å²) >= 11 is 0. The summed E-state index contributed by atoms with van der Waals surface area (Å²) in [6, 6.07) is 14.0. The Hall–Kier alpha value is -5.70. The van der Waals surface area contributed by atoms with Crippen molar-refractivity contribution in [3.8, 4) is 11.5 Å². The van der Waals surface area contributed by atoms with Crippen molar-refractivity contribution >= 4 is 34.8 Å². The van der Waals surface area contributed by atoms with Crippen LogP contribution in [-0.2, 0) is 9.59 Å². The van der Waals surface area contributed by atoms with E-state index in [0.29, 0.717) is 68.0 Å². The number of nitrogens with one attached hydrogen (secondary N) is 1. The van der Waals surface area contributed by atoms with Crippen LogP contribution in [0.2, 0.25) is 0 Å². The molecule has 0 radical (unpaired) electrons. The van der Waals surface area contributed by atoms with Gasteiger partial charge in [0.1, 0.15) is 30.0 Å². The van der Waals surface area contributed by atoms with Gasteiger partial charge >= 0.3 is 0 Å². The Morgan fingerprint density at radius 2 is 1.53 bits per heavy atom. The average Bonchev–Trinajstić information content (AvgIpc) is 3.51. The number of aromatic nitrogens is 2. The minimum Gasteiger partial charge on any atom is -0.507 e. The molecule has 1 saturated carbocycles. The lowest BCUT2D eigenvalue weighted by Gasteiger charge is -2.43. The summed E-state index contributed by atoms with van der Waals surface area (Å²) in [6.07, 6.45) is 13.2. The van der Waals surface area contributed by atoms with E-state index >= 15 is 0 Å². The van der Waals surface area contributed by atoms with Crippen molar-refractivity contribution in [2.75, 3.05) is 67.1 Å². The van der Waals surface area contributed by atoms with Crippen LogP contribution >= 0.6 is 0 Å². The van der Waals surface area contributed by atoms with Gasteiger partial charge in [-0.3, -0.25) is 19.8 Å². The minimum atomic E-state index is -0.340. The molecule has 3 aromatic rings. The number of amides is 2. The molecule has 2 bridgehead atoms. The number of fused-ring (bicyclic) bond motifs is 3. The van der Waals surface area contributed by atoms with Gasteiger partial charge in [-0.2, -0.15) is 0 Å². The second-order valence-electron chi connectivity index (χ2n) is 16.6. The molecule has 4 saturated heterocycles. The van der Waals surface area contributed by atoms with Gasteiger partial charge in [0, 0.05) is 75.1 Å². The van der Waals surface area contributed by atoms with Gasteiger partial charge in [0.2, 0.25) is 17.8 Å². The first-order valence-electron chi connectivity index (χ1n) is 20.9. The number of para-hydroxylation sites is 2. The maximum absolute atomic E-state index is 12.7. The first kappa shape index (κ1) is 37.9. The van der Waals surface area contributed by atoms with E-state index < -0.39 is 0 Å². The molecule has 5 fully saturated rings. The summed E-state index contributed by atoms with van der Waals surface area (Å²) in [6.45, 7) is 6.51. The maximum Gasteiger partial charge on any atom is 0.249 e. The van der Waals surface area contributed by atoms with Crippen LogP contribution in [-0.4, -0.2) is 113 Å². The summed E-state index contributed by atoms with van der Waals surface area (Å²) in [5.74, 6) is 2.01. The number of carbonyl (C=O) groups excluding carboxylic acids is 2. The quantitative estimate of drug-likeness (QED) is 0.165. The molecule has 3 atom stereocenters. The fourth-order valence-corrected chi connectivity index (χ4v) is 10.4. The van der Waals surface area contributed by atoms with Crippen molar-refractivity contribution in [3.05, 3.63) is 83.6 Å². The molecular weight excluding hydrogens is 735 g/mol. The number of piperazine rings is 2. The van der Waals surface area contributed by atoms with Gasteiger partial charge in [0.15, 0.2) is 0 Å². The molecule has 1 aromatic heterocycles. The maximum atomic E-state index is 12.7.